The standard InChI is InChI=1S/C10H8ClNO6/c11-7-2-1-3-8(12(16)17)6(7)5-18-10(15)4-9(13)14/h1-3H,4-5H2,(H,13,14). The molecule has 0 aliphatic rings. The molecule has 1 aromatic rings. The lowest BCUT2D eigenvalue weighted by molar-refractivity contribution is -0.385. The normalized spacial score (nSPS) is 9.83. The first-order valence-corrected chi connectivity index (χ1v) is 5.09. The number of carboxylic acids is 1. The molecule has 8 heteroatoms. The van der Waals surface area contributed by atoms with Crippen LogP contribution < -0.4 is 0 Å². The first-order valence-electron chi connectivity index (χ1n) is 4.71. The Bertz CT molecular complexity index is 501. The van der Waals surface area contributed by atoms with Crippen molar-refractivity contribution in [1.29, 1.82) is 0 Å². The van der Waals surface area contributed by atoms with E-state index < -0.39 is 29.9 Å². The molecule has 1 rings (SSSR count). The summed E-state index contributed by atoms with van der Waals surface area (Å²) in [6.45, 7) is -0.442. The highest BCUT2D eigenvalue weighted by Gasteiger charge is 2.18. The molecule has 0 atom stereocenters. The van der Waals surface area contributed by atoms with E-state index in [4.69, 9.17) is 16.7 Å². The number of carbonyl (C=O) groups is 2. The van der Waals surface area contributed by atoms with Crippen LogP contribution in [0.3, 0.4) is 0 Å². The number of hydrogen-bond donors (Lipinski definition) is 1. The minimum Gasteiger partial charge on any atom is -0.481 e. The Balaban J connectivity index is 2.81. The van der Waals surface area contributed by atoms with Crippen molar-refractivity contribution in [3.63, 3.8) is 0 Å². The van der Waals surface area contributed by atoms with E-state index in [1.165, 1.54) is 18.2 Å². The monoisotopic (exact) mass is 273 g/mol. The number of ether oxygens (including phenoxy) is 1. The van der Waals surface area contributed by atoms with Gasteiger partial charge in [-0.3, -0.25) is 19.7 Å². The van der Waals surface area contributed by atoms with Crippen molar-refractivity contribution in [3.8, 4) is 0 Å². The van der Waals surface area contributed by atoms with Gasteiger partial charge in [0.25, 0.3) is 5.69 Å². The van der Waals surface area contributed by atoms with E-state index in [-0.39, 0.29) is 16.3 Å². The first kappa shape index (κ1) is 13.9. The first-order chi connectivity index (χ1) is 8.41. The Hall–Kier alpha value is -2.15. The average Bonchev–Trinajstić information content (AvgIpc) is 2.25. The summed E-state index contributed by atoms with van der Waals surface area (Å²) in [5.74, 6) is -2.33. The van der Waals surface area contributed by atoms with Crippen LogP contribution in [0.25, 0.3) is 0 Å². The highest BCUT2D eigenvalue weighted by Crippen LogP contribution is 2.26. The number of carbonyl (C=O) groups excluding carboxylic acids is 1. The Kier molecular flexibility index (Phi) is 4.61. The van der Waals surface area contributed by atoms with Crippen molar-refractivity contribution < 1.29 is 24.4 Å². The van der Waals surface area contributed by atoms with Crippen LogP contribution >= 0.6 is 11.6 Å². The second-order valence-electron chi connectivity index (χ2n) is 3.23. The zero-order valence-electron chi connectivity index (χ0n) is 8.96. The fourth-order valence-corrected chi connectivity index (χ4v) is 1.41. The summed E-state index contributed by atoms with van der Waals surface area (Å²) < 4.78 is 4.60. The van der Waals surface area contributed by atoms with Gasteiger partial charge in [-0.2, -0.15) is 0 Å². The van der Waals surface area contributed by atoms with Crippen LogP contribution in [0.1, 0.15) is 12.0 Å². The number of halogens is 1. The number of nitro groups is 1. The Labute approximate surface area is 106 Å². The van der Waals surface area contributed by atoms with Crippen molar-refractivity contribution in [2.75, 3.05) is 0 Å². The van der Waals surface area contributed by atoms with E-state index >= 15 is 0 Å². The van der Waals surface area contributed by atoms with E-state index in [0.29, 0.717) is 0 Å². The lowest BCUT2D eigenvalue weighted by Crippen LogP contribution is -2.11. The second-order valence-corrected chi connectivity index (χ2v) is 3.63. The predicted octanol–water partition coefficient (Wildman–Crippen LogP) is 1.77. The summed E-state index contributed by atoms with van der Waals surface area (Å²) >= 11 is 5.75. The number of hydrogen-bond acceptors (Lipinski definition) is 5. The molecular weight excluding hydrogens is 266 g/mol. The van der Waals surface area contributed by atoms with Crippen LogP contribution in [-0.4, -0.2) is 22.0 Å². The number of esters is 1. The molecule has 7 nitrogen and oxygen atoms in total. The zero-order valence-corrected chi connectivity index (χ0v) is 9.72. The molecule has 0 bridgehead atoms. The summed E-state index contributed by atoms with van der Waals surface area (Å²) in [6, 6.07) is 4.02. The minimum absolute atomic E-state index is 0.0305. The van der Waals surface area contributed by atoms with Gasteiger partial charge >= 0.3 is 11.9 Å². The Morgan fingerprint density at radius 3 is 2.67 bits per heavy atom. The molecule has 0 amide bonds. The number of rotatable bonds is 5. The van der Waals surface area contributed by atoms with E-state index in [1.807, 2.05) is 0 Å². The van der Waals surface area contributed by atoms with Crippen LogP contribution in [0.15, 0.2) is 18.2 Å². The summed E-state index contributed by atoms with van der Waals surface area (Å²) in [5.41, 5.74) is -0.256. The van der Waals surface area contributed by atoms with Crippen LogP contribution in [0.4, 0.5) is 5.69 Å². The SMILES string of the molecule is O=C(O)CC(=O)OCc1c(Cl)cccc1[N+](=O)[O-]. The Morgan fingerprint density at radius 2 is 2.11 bits per heavy atom. The van der Waals surface area contributed by atoms with Gasteiger partial charge in [-0.25, -0.2) is 0 Å². The summed E-state index contributed by atoms with van der Waals surface area (Å²) in [7, 11) is 0. The minimum atomic E-state index is -1.34. The van der Waals surface area contributed by atoms with Crippen LogP contribution in [-0.2, 0) is 20.9 Å². The highest BCUT2D eigenvalue weighted by molar-refractivity contribution is 6.31. The molecule has 0 radical (unpaired) electrons. The number of carboxylic acid groups (broad SMARTS) is 1. The van der Waals surface area contributed by atoms with Gasteiger partial charge < -0.3 is 9.84 Å². The summed E-state index contributed by atoms with van der Waals surface area (Å²) in [5, 5.41) is 19.1. The van der Waals surface area contributed by atoms with Gasteiger partial charge in [-0.1, -0.05) is 17.7 Å². The van der Waals surface area contributed by atoms with Gasteiger partial charge in [0.2, 0.25) is 0 Å². The summed E-state index contributed by atoms with van der Waals surface area (Å²) in [4.78, 5) is 31.3. The largest absolute Gasteiger partial charge is 0.481 e. The van der Waals surface area contributed by atoms with Crippen LogP contribution in [0.2, 0.25) is 5.02 Å². The molecule has 0 unspecified atom stereocenters. The fraction of sp³-hybridized carbons (Fsp3) is 0.200. The van der Waals surface area contributed by atoms with Crippen molar-refractivity contribution in [2.24, 2.45) is 0 Å². The third kappa shape index (κ3) is 3.70. The molecule has 1 N–H and O–H groups in total. The van der Waals surface area contributed by atoms with E-state index in [2.05, 4.69) is 4.74 Å². The maximum absolute atomic E-state index is 11.0. The van der Waals surface area contributed by atoms with Crippen LogP contribution in [0.5, 0.6) is 0 Å². The smallest absolute Gasteiger partial charge is 0.317 e. The summed E-state index contributed by atoms with van der Waals surface area (Å²) in [6.07, 6.45) is -0.807. The molecule has 0 saturated carbocycles. The van der Waals surface area contributed by atoms with Crippen molar-refractivity contribution in [1.82, 2.24) is 0 Å². The topological polar surface area (TPSA) is 107 Å². The molecule has 0 saturated heterocycles. The predicted molar refractivity (Wildman–Crippen MR) is 60.2 cm³/mol. The quantitative estimate of drug-likeness (QED) is 0.379. The third-order valence-electron chi connectivity index (χ3n) is 1.96. The van der Waals surface area contributed by atoms with E-state index in [1.54, 1.807) is 0 Å². The molecule has 0 aliphatic heterocycles. The molecule has 0 heterocycles. The maximum atomic E-state index is 11.0. The van der Waals surface area contributed by atoms with E-state index in [0.717, 1.165) is 0 Å². The number of nitrogens with zero attached hydrogens (tertiary/aromatic N) is 1. The van der Waals surface area contributed by atoms with Gasteiger partial charge in [-0.05, 0) is 6.07 Å². The molecule has 18 heavy (non-hydrogen) atoms. The highest BCUT2D eigenvalue weighted by atomic mass is 35.5. The fourth-order valence-electron chi connectivity index (χ4n) is 1.19. The molecule has 0 fully saturated rings. The average molecular weight is 274 g/mol. The maximum Gasteiger partial charge on any atom is 0.317 e. The molecule has 1 aromatic carbocycles. The lowest BCUT2D eigenvalue weighted by atomic mass is 10.2. The van der Waals surface area contributed by atoms with Gasteiger partial charge in [0.15, 0.2) is 0 Å². The zero-order chi connectivity index (χ0) is 13.7. The molecule has 0 aliphatic carbocycles. The molecule has 0 spiro atoms. The molecular formula is C10H8ClNO6. The van der Waals surface area contributed by atoms with Crippen molar-refractivity contribution in [3.05, 3.63) is 38.9 Å². The number of benzene rings is 1. The van der Waals surface area contributed by atoms with E-state index in [9.17, 15) is 19.7 Å². The van der Waals surface area contributed by atoms with Crippen molar-refractivity contribution in [2.45, 2.75) is 13.0 Å². The third-order valence-corrected chi connectivity index (χ3v) is 2.32. The lowest BCUT2D eigenvalue weighted by Gasteiger charge is -2.06. The van der Waals surface area contributed by atoms with Gasteiger partial charge in [0, 0.05) is 6.07 Å². The van der Waals surface area contributed by atoms with Gasteiger partial charge in [-0.15, -0.1) is 0 Å². The number of nitro benzene ring substituents is 1. The molecule has 0 aromatic heterocycles. The Morgan fingerprint density at radius 1 is 1.44 bits per heavy atom. The van der Waals surface area contributed by atoms with Crippen molar-refractivity contribution >= 4 is 29.2 Å². The number of aliphatic carboxylic acids is 1. The second kappa shape index (κ2) is 5.97. The van der Waals surface area contributed by atoms with Gasteiger partial charge in [0.1, 0.15) is 13.0 Å². The van der Waals surface area contributed by atoms with Gasteiger partial charge in [0.05, 0.1) is 15.5 Å². The van der Waals surface area contributed by atoms with Crippen LogP contribution in [0, 0.1) is 10.1 Å². The molecule has 96 valence electrons.